The van der Waals surface area contributed by atoms with E-state index in [9.17, 15) is 9.59 Å². The average molecular weight is 390 g/mol. The standard InChI is InChI=1S/C20H23N3O3.ClH/c1-21(2)12-13-22-18-7-5-4-6-17(18)19(24)23(20(22)25)14-15-8-10-16(26-3)11-9-15;/h4-11H,12-14H2,1-3H3;1H. The van der Waals surface area contributed by atoms with E-state index >= 15 is 0 Å². The van der Waals surface area contributed by atoms with Crippen LogP contribution in [0.2, 0.25) is 0 Å². The van der Waals surface area contributed by atoms with Crippen LogP contribution in [-0.4, -0.2) is 41.8 Å². The first-order valence-electron chi connectivity index (χ1n) is 8.51. The fourth-order valence-electron chi connectivity index (χ4n) is 2.94. The summed E-state index contributed by atoms with van der Waals surface area (Å²) in [6.07, 6.45) is 0. The van der Waals surface area contributed by atoms with Crippen LogP contribution < -0.4 is 16.0 Å². The molecule has 144 valence electrons. The van der Waals surface area contributed by atoms with Crippen LogP contribution >= 0.6 is 12.4 Å². The molecule has 2 aromatic carbocycles. The molecule has 0 spiro atoms. The zero-order valence-electron chi connectivity index (χ0n) is 15.7. The Bertz CT molecular complexity index is 1020. The first-order chi connectivity index (χ1) is 12.5. The number of halogens is 1. The Morgan fingerprint density at radius 1 is 0.963 bits per heavy atom. The third kappa shape index (κ3) is 4.40. The third-order valence-corrected chi connectivity index (χ3v) is 4.40. The zero-order valence-corrected chi connectivity index (χ0v) is 16.5. The van der Waals surface area contributed by atoms with Gasteiger partial charge in [0.1, 0.15) is 5.75 Å². The third-order valence-electron chi connectivity index (χ3n) is 4.40. The number of likely N-dealkylation sites (N-methyl/N-ethyl adjacent to an activating group) is 1. The Morgan fingerprint density at radius 2 is 1.63 bits per heavy atom. The maximum atomic E-state index is 13.0. The number of aromatic nitrogens is 2. The van der Waals surface area contributed by atoms with E-state index in [1.54, 1.807) is 17.7 Å². The average Bonchev–Trinajstić information content (AvgIpc) is 2.65. The predicted molar refractivity (Wildman–Crippen MR) is 110 cm³/mol. The molecule has 0 amide bonds. The second-order valence-electron chi connectivity index (χ2n) is 6.49. The summed E-state index contributed by atoms with van der Waals surface area (Å²) in [5.74, 6) is 0.739. The number of rotatable bonds is 6. The number of methoxy groups -OCH3 is 1. The van der Waals surface area contributed by atoms with Crippen molar-refractivity contribution in [2.24, 2.45) is 0 Å². The number of ether oxygens (including phenoxy) is 1. The Morgan fingerprint density at radius 3 is 2.26 bits per heavy atom. The molecule has 0 bridgehead atoms. The van der Waals surface area contributed by atoms with E-state index in [-0.39, 0.29) is 30.2 Å². The highest BCUT2D eigenvalue weighted by molar-refractivity contribution is 5.85. The van der Waals surface area contributed by atoms with Crippen LogP contribution in [0, 0.1) is 0 Å². The summed E-state index contributed by atoms with van der Waals surface area (Å²) in [7, 11) is 5.52. The molecule has 3 rings (SSSR count). The van der Waals surface area contributed by atoms with Crippen LogP contribution in [0.3, 0.4) is 0 Å². The number of para-hydroxylation sites is 1. The highest BCUT2D eigenvalue weighted by atomic mass is 35.5. The number of benzene rings is 2. The molecule has 1 aromatic heterocycles. The van der Waals surface area contributed by atoms with Gasteiger partial charge in [-0.3, -0.25) is 13.9 Å². The highest BCUT2D eigenvalue weighted by Gasteiger charge is 2.13. The van der Waals surface area contributed by atoms with Gasteiger partial charge in [-0.2, -0.15) is 0 Å². The lowest BCUT2D eigenvalue weighted by atomic mass is 10.2. The van der Waals surface area contributed by atoms with Gasteiger partial charge >= 0.3 is 5.69 Å². The van der Waals surface area contributed by atoms with Crippen LogP contribution in [0.1, 0.15) is 5.56 Å². The number of fused-ring (bicyclic) bond motifs is 1. The first kappa shape index (κ1) is 20.7. The van der Waals surface area contributed by atoms with E-state index in [4.69, 9.17) is 4.74 Å². The van der Waals surface area contributed by atoms with Gasteiger partial charge < -0.3 is 9.64 Å². The molecule has 1 heterocycles. The number of hydrogen-bond acceptors (Lipinski definition) is 4. The topological polar surface area (TPSA) is 56.5 Å². The Balaban J connectivity index is 0.00000261. The summed E-state index contributed by atoms with van der Waals surface area (Å²) in [4.78, 5) is 27.9. The van der Waals surface area contributed by atoms with Crippen LogP contribution in [0.4, 0.5) is 0 Å². The Labute approximate surface area is 164 Å². The van der Waals surface area contributed by atoms with E-state index in [1.165, 1.54) is 4.57 Å². The molecule has 0 saturated carbocycles. The molecule has 6 nitrogen and oxygen atoms in total. The van der Waals surface area contributed by atoms with Crippen molar-refractivity contribution in [1.82, 2.24) is 14.0 Å². The smallest absolute Gasteiger partial charge is 0.331 e. The fraction of sp³-hybridized carbons (Fsp3) is 0.300. The monoisotopic (exact) mass is 389 g/mol. The van der Waals surface area contributed by atoms with Gasteiger partial charge in [0.25, 0.3) is 5.56 Å². The summed E-state index contributed by atoms with van der Waals surface area (Å²) in [5, 5.41) is 0.555. The van der Waals surface area contributed by atoms with Crippen molar-refractivity contribution in [3.05, 3.63) is 74.9 Å². The molecule has 0 unspecified atom stereocenters. The van der Waals surface area contributed by atoms with Gasteiger partial charge in [-0.25, -0.2) is 4.79 Å². The minimum atomic E-state index is -0.286. The van der Waals surface area contributed by atoms with Crippen LogP contribution in [0.15, 0.2) is 58.1 Å². The summed E-state index contributed by atoms with van der Waals surface area (Å²) in [5.41, 5.74) is 1.00. The molecule has 0 saturated heterocycles. The molecular weight excluding hydrogens is 366 g/mol. The SMILES string of the molecule is COc1ccc(Cn2c(=O)c3ccccc3n(CCN(C)C)c2=O)cc1.Cl. The first-order valence-corrected chi connectivity index (χ1v) is 8.51. The predicted octanol–water partition coefficient (Wildman–Crippen LogP) is 2.20. The quantitative estimate of drug-likeness (QED) is 0.648. The number of hydrogen-bond donors (Lipinski definition) is 0. The van der Waals surface area contributed by atoms with E-state index in [1.807, 2.05) is 61.5 Å². The second kappa shape index (κ2) is 8.88. The van der Waals surface area contributed by atoms with Crippen LogP contribution in [-0.2, 0) is 13.1 Å². The minimum Gasteiger partial charge on any atom is -0.497 e. The van der Waals surface area contributed by atoms with Gasteiger partial charge in [0.15, 0.2) is 0 Å². The molecule has 7 heteroatoms. The molecule has 0 aliphatic heterocycles. The second-order valence-corrected chi connectivity index (χ2v) is 6.49. The van der Waals surface area contributed by atoms with Gasteiger partial charge in [-0.05, 0) is 43.9 Å². The number of nitrogens with zero attached hydrogens (tertiary/aromatic N) is 3. The molecule has 3 aromatic rings. The summed E-state index contributed by atoms with van der Waals surface area (Å²) in [6.45, 7) is 1.47. The van der Waals surface area contributed by atoms with E-state index in [0.717, 1.165) is 11.3 Å². The van der Waals surface area contributed by atoms with Crippen molar-refractivity contribution in [2.75, 3.05) is 27.7 Å². The van der Waals surface area contributed by atoms with Crippen LogP contribution in [0.5, 0.6) is 5.75 Å². The van der Waals surface area contributed by atoms with Gasteiger partial charge in [-0.15, -0.1) is 12.4 Å². The lowest BCUT2D eigenvalue weighted by molar-refractivity contribution is 0.380. The molecule has 0 radical (unpaired) electrons. The largest absolute Gasteiger partial charge is 0.497 e. The van der Waals surface area contributed by atoms with Crippen molar-refractivity contribution in [2.45, 2.75) is 13.1 Å². The lowest BCUT2D eigenvalue weighted by Gasteiger charge is -2.16. The summed E-state index contributed by atoms with van der Waals surface area (Å²) < 4.78 is 8.15. The van der Waals surface area contributed by atoms with Gasteiger partial charge in [0.05, 0.1) is 24.6 Å². The molecule has 0 N–H and O–H groups in total. The molecule has 0 fully saturated rings. The van der Waals surface area contributed by atoms with Crippen molar-refractivity contribution < 1.29 is 4.74 Å². The fourth-order valence-corrected chi connectivity index (χ4v) is 2.94. The summed E-state index contributed by atoms with van der Waals surface area (Å²) >= 11 is 0. The maximum absolute atomic E-state index is 13.0. The normalized spacial score (nSPS) is 10.8. The molecule has 0 aliphatic rings. The molecule has 0 atom stereocenters. The van der Waals surface area contributed by atoms with Crippen molar-refractivity contribution >= 4 is 23.3 Å². The van der Waals surface area contributed by atoms with Gasteiger partial charge in [-0.1, -0.05) is 24.3 Å². The lowest BCUT2D eigenvalue weighted by Crippen LogP contribution is -2.41. The van der Waals surface area contributed by atoms with Gasteiger partial charge in [0, 0.05) is 13.1 Å². The zero-order chi connectivity index (χ0) is 18.7. The Hall–Kier alpha value is -2.57. The maximum Gasteiger partial charge on any atom is 0.331 e. The Kier molecular flexibility index (Phi) is 6.82. The van der Waals surface area contributed by atoms with Crippen LogP contribution in [0.25, 0.3) is 10.9 Å². The minimum absolute atomic E-state index is 0. The van der Waals surface area contributed by atoms with Gasteiger partial charge in [0.2, 0.25) is 0 Å². The van der Waals surface area contributed by atoms with Crippen molar-refractivity contribution in [3.8, 4) is 5.75 Å². The van der Waals surface area contributed by atoms with E-state index in [0.29, 0.717) is 24.0 Å². The summed E-state index contributed by atoms with van der Waals surface area (Å²) in [6, 6.07) is 14.6. The van der Waals surface area contributed by atoms with Crippen molar-refractivity contribution in [3.63, 3.8) is 0 Å². The molecular formula is C20H24ClN3O3. The molecule has 27 heavy (non-hydrogen) atoms. The van der Waals surface area contributed by atoms with E-state index in [2.05, 4.69) is 0 Å². The highest BCUT2D eigenvalue weighted by Crippen LogP contribution is 2.12. The van der Waals surface area contributed by atoms with Crippen molar-refractivity contribution in [1.29, 1.82) is 0 Å². The molecule has 0 aliphatic carbocycles. The van der Waals surface area contributed by atoms with E-state index < -0.39 is 0 Å².